The third-order valence-electron chi connectivity index (χ3n) is 4.46. The van der Waals surface area contributed by atoms with Crippen molar-refractivity contribution in [1.82, 2.24) is 19.9 Å². The van der Waals surface area contributed by atoms with Crippen LogP contribution in [0.1, 0.15) is 34.8 Å². The first kappa shape index (κ1) is 14.7. The Hall–Kier alpha value is -2.89. The second-order valence-electron chi connectivity index (χ2n) is 6.34. The molecule has 1 unspecified atom stereocenters. The van der Waals surface area contributed by atoms with Crippen molar-refractivity contribution in [1.29, 1.82) is 0 Å². The van der Waals surface area contributed by atoms with Crippen LogP contribution in [-0.4, -0.2) is 27.1 Å². The van der Waals surface area contributed by atoms with Gasteiger partial charge in [0, 0.05) is 24.4 Å². The molecule has 0 saturated carbocycles. The molecule has 122 valence electrons. The number of hydrogen-bond acceptors (Lipinski definition) is 4. The molecule has 6 heteroatoms. The summed E-state index contributed by atoms with van der Waals surface area (Å²) in [5.41, 5.74) is 2.53. The van der Waals surface area contributed by atoms with Crippen LogP contribution in [0.2, 0.25) is 0 Å². The number of carbonyl (C=O) groups excluding carboxylic acids is 1. The van der Waals surface area contributed by atoms with E-state index in [-0.39, 0.29) is 5.91 Å². The summed E-state index contributed by atoms with van der Waals surface area (Å²) in [7, 11) is 0. The van der Waals surface area contributed by atoms with E-state index in [0.29, 0.717) is 24.2 Å². The summed E-state index contributed by atoms with van der Waals surface area (Å²) >= 11 is 0. The van der Waals surface area contributed by atoms with Gasteiger partial charge in [-0.2, -0.15) is 5.10 Å². The van der Waals surface area contributed by atoms with Crippen molar-refractivity contribution in [2.45, 2.75) is 25.8 Å². The summed E-state index contributed by atoms with van der Waals surface area (Å²) in [5.74, 6) is 0.640. The van der Waals surface area contributed by atoms with Gasteiger partial charge in [-0.3, -0.25) is 4.79 Å². The second-order valence-corrected chi connectivity index (χ2v) is 6.34. The van der Waals surface area contributed by atoms with Crippen molar-refractivity contribution < 1.29 is 9.53 Å². The molecule has 6 nitrogen and oxygen atoms in total. The van der Waals surface area contributed by atoms with Crippen molar-refractivity contribution in [3.05, 3.63) is 59.5 Å². The summed E-state index contributed by atoms with van der Waals surface area (Å²) in [6.07, 6.45) is 5.86. The van der Waals surface area contributed by atoms with E-state index < -0.39 is 5.54 Å². The average Bonchev–Trinajstić information content (AvgIpc) is 2.98. The van der Waals surface area contributed by atoms with Gasteiger partial charge in [0.15, 0.2) is 5.65 Å². The number of ether oxygens (including phenoxy) is 1. The summed E-state index contributed by atoms with van der Waals surface area (Å²) in [5, 5.41) is 7.38. The lowest BCUT2D eigenvalue weighted by Gasteiger charge is -2.36. The summed E-state index contributed by atoms with van der Waals surface area (Å²) < 4.78 is 7.32. The predicted molar refractivity (Wildman–Crippen MR) is 89.1 cm³/mol. The molecule has 1 atom stereocenters. The SMILES string of the molecule is Cc1cnc2c(C(=O)NC3(C)CCOc4ccccc43)cnn2c1. The number of nitrogens with zero attached hydrogens (tertiary/aromatic N) is 3. The van der Waals surface area contributed by atoms with E-state index in [2.05, 4.69) is 15.4 Å². The first-order valence-corrected chi connectivity index (χ1v) is 7.92. The Kier molecular flexibility index (Phi) is 3.26. The lowest BCUT2D eigenvalue weighted by molar-refractivity contribution is 0.0875. The van der Waals surface area contributed by atoms with Crippen LogP contribution in [0.15, 0.2) is 42.9 Å². The monoisotopic (exact) mass is 322 g/mol. The summed E-state index contributed by atoms with van der Waals surface area (Å²) in [6, 6.07) is 7.81. The third-order valence-corrected chi connectivity index (χ3v) is 4.46. The van der Waals surface area contributed by atoms with Gasteiger partial charge in [0.1, 0.15) is 11.3 Å². The molecule has 0 spiro atoms. The van der Waals surface area contributed by atoms with Crippen LogP contribution in [-0.2, 0) is 5.54 Å². The largest absolute Gasteiger partial charge is 0.493 e. The van der Waals surface area contributed by atoms with E-state index in [9.17, 15) is 4.79 Å². The highest BCUT2D eigenvalue weighted by Gasteiger charge is 2.35. The Morgan fingerprint density at radius 2 is 2.17 bits per heavy atom. The summed E-state index contributed by atoms with van der Waals surface area (Å²) in [4.78, 5) is 17.2. The molecule has 3 aromatic rings. The minimum Gasteiger partial charge on any atom is -0.493 e. The number of benzene rings is 1. The Morgan fingerprint density at radius 3 is 3.04 bits per heavy atom. The highest BCUT2D eigenvalue weighted by Crippen LogP contribution is 2.36. The van der Waals surface area contributed by atoms with Gasteiger partial charge in [-0.15, -0.1) is 0 Å². The fourth-order valence-electron chi connectivity index (χ4n) is 3.12. The fraction of sp³-hybridized carbons (Fsp3) is 0.278. The molecule has 1 N–H and O–H groups in total. The normalized spacial score (nSPS) is 19.6. The van der Waals surface area contributed by atoms with Crippen LogP contribution in [0.3, 0.4) is 0 Å². The number of nitrogens with one attached hydrogen (secondary N) is 1. The number of hydrogen-bond donors (Lipinski definition) is 1. The molecule has 1 amide bonds. The number of aromatic nitrogens is 3. The molecular formula is C18H18N4O2. The molecule has 0 radical (unpaired) electrons. The Bertz CT molecular complexity index is 934. The van der Waals surface area contributed by atoms with Gasteiger partial charge < -0.3 is 10.1 Å². The lowest BCUT2D eigenvalue weighted by Crippen LogP contribution is -2.46. The molecule has 0 fully saturated rings. The van der Waals surface area contributed by atoms with Crippen LogP contribution < -0.4 is 10.1 Å². The molecule has 1 aromatic carbocycles. The van der Waals surface area contributed by atoms with Gasteiger partial charge in [0.05, 0.1) is 18.3 Å². The van der Waals surface area contributed by atoms with E-state index in [0.717, 1.165) is 16.9 Å². The van der Waals surface area contributed by atoms with Gasteiger partial charge in [0.25, 0.3) is 5.91 Å². The maximum Gasteiger partial charge on any atom is 0.257 e. The van der Waals surface area contributed by atoms with Crippen molar-refractivity contribution >= 4 is 11.6 Å². The molecule has 0 aliphatic carbocycles. The van der Waals surface area contributed by atoms with Gasteiger partial charge in [0.2, 0.25) is 0 Å². The van der Waals surface area contributed by atoms with E-state index in [1.807, 2.05) is 44.3 Å². The molecule has 0 bridgehead atoms. The van der Waals surface area contributed by atoms with Gasteiger partial charge in [-0.25, -0.2) is 9.50 Å². The quantitative estimate of drug-likeness (QED) is 0.787. The first-order chi connectivity index (χ1) is 11.6. The Balaban J connectivity index is 1.69. The van der Waals surface area contributed by atoms with Crippen molar-refractivity contribution in [2.24, 2.45) is 0 Å². The highest BCUT2D eigenvalue weighted by atomic mass is 16.5. The van der Waals surface area contributed by atoms with Gasteiger partial charge >= 0.3 is 0 Å². The van der Waals surface area contributed by atoms with Crippen LogP contribution in [0.25, 0.3) is 5.65 Å². The average molecular weight is 322 g/mol. The number of amides is 1. The second kappa shape index (κ2) is 5.33. The molecular weight excluding hydrogens is 304 g/mol. The van der Waals surface area contributed by atoms with E-state index in [4.69, 9.17) is 4.74 Å². The van der Waals surface area contributed by atoms with Gasteiger partial charge in [-0.1, -0.05) is 18.2 Å². The topological polar surface area (TPSA) is 68.5 Å². The zero-order valence-electron chi connectivity index (χ0n) is 13.6. The maximum absolute atomic E-state index is 12.8. The smallest absolute Gasteiger partial charge is 0.257 e. The molecule has 1 aliphatic rings. The van der Waals surface area contributed by atoms with E-state index >= 15 is 0 Å². The lowest BCUT2D eigenvalue weighted by atomic mass is 9.86. The minimum absolute atomic E-state index is 0.180. The van der Waals surface area contributed by atoms with Crippen molar-refractivity contribution in [2.75, 3.05) is 6.61 Å². The van der Waals surface area contributed by atoms with Crippen LogP contribution in [0.4, 0.5) is 0 Å². The molecule has 3 heterocycles. The number of aryl methyl sites for hydroxylation is 1. The number of para-hydroxylation sites is 1. The predicted octanol–water partition coefficient (Wildman–Crippen LogP) is 2.47. The fourth-order valence-corrected chi connectivity index (χ4v) is 3.12. The first-order valence-electron chi connectivity index (χ1n) is 7.92. The van der Waals surface area contributed by atoms with E-state index in [1.165, 1.54) is 0 Å². The maximum atomic E-state index is 12.8. The Labute approximate surface area is 139 Å². The third kappa shape index (κ3) is 2.31. The van der Waals surface area contributed by atoms with Crippen molar-refractivity contribution in [3.63, 3.8) is 0 Å². The molecule has 0 saturated heterocycles. The zero-order valence-corrected chi connectivity index (χ0v) is 13.6. The molecule has 1 aliphatic heterocycles. The van der Waals surface area contributed by atoms with Gasteiger partial charge in [-0.05, 0) is 25.5 Å². The van der Waals surface area contributed by atoms with Crippen LogP contribution in [0, 0.1) is 6.92 Å². The molecule has 2 aromatic heterocycles. The summed E-state index contributed by atoms with van der Waals surface area (Å²) in [6.45, 7) is 4.53. The highest BCUT2D eigenvalue weighted by molar-refractivity contribution is 6.00. The van der Waals surface area contributed by atoms with E-state index in [1.54, 1.807) is 16.9 Å². The number of rotatable bonds is 2. The number of carbonyl (C=O) groups is 1. The Morgan fingerprint density at radius 1 is 1.33 bits per heavy atom. The molecule has 24 heavy (non-hydrogen) atoms. The standard InChI is InChI=1S/C18H18N4O2/c1-12-9-19-16-13(10-20-22(16)11-12)17(23)21-18(2)7-8-24-15-6-4-3-5-14(15)18/h3-6,9-11H,7-8H2,1-2H3,(H,21,23). The van der Waals surface area contributed by atoms with Crippen LogP contribution >= 0.6 is 0 Å². The number of fused-ring (bicyclic) bond motifs is 2. The molecule has 4 rings (SSSR count). The minimum atomic E-state index is -0.481. The zero-order chi connectivity index (χ0) is 16.7. The van der Waals surface area contributed by atoms with Crippen LogP contribution in [0.5, 0.6) is 5.75 Å². The van der Waals surface area contributed by atoms with Crippen molar-refractivity contribution in [3.8, 4) is 5.75 Å².